The zero-order chi connectivity index (χ0) is 31.5. The molecule has 0 spiro atoms. The minimum atomic E-state index is -0.495. The molecule has 1 saturated heterocycles. The molecule has 11 nitrogen and oxygen atoms in total. The van der Waals surface area contributed by atoms with Crippen molar-refractivity contribution in [2.45, 2.75) is 38.5 Å². The van der Waals surface area contributed by atoms with Crippen LogP contribution < -0.4 is 20.5 Å². The maximum absolute atomic E-state index is 13.6. The number of nitrogens with zero attached hydrogens (tertiary/aromatic N) is 3. The SMILES string of the molecule is CCCN1CC(=O)N[C@H]2CCN(C(=O)c3ccc4sc(N)nc4c3)C[C@@H]2OCc2cccc(c2)Oc2cc(ccc2OC)C1=O. The number of amides is 3. The number of benzene rings is 3. The Morgan fingerprint density at radius 3 is 2.84 bits per heavy atom. The molecule has 0 radical (unpaired) electrons. The fourth-order valence-electron chi connectivity index (χ4n) is 5.74. The number of fused-ring (bicyclic) bond motifs is 6. The summed E-state index contributed by atoms with van der Waals surface area (Å²) in [5.74, 6) is 0.693. The summed E-state index contributed by atoms with van der Waals surface area (Å²) in [6.45, 7) is 3.18. The van der Waals surface area contributed by atoms with Crippen LogP contribution in [0.5, 0.6) is 17.2 Å². The molecule has 0 aliphatic carbocycles. The highest BCUT2D eigenvalue weighted by Gasteiger charge is 2.34. The van der Waals surface area contributed by atoms with Crippen LogP contribution >= 0.6 is 11.3 Å². The number of nitrogens with two attached hydrogens (primary N) is 1. The van der Waals surface area contributed by atoms with Gasteiger partial charge in [0.1, 0.15) is 5.75 Å². The minimum absolute atomic E-state index is 0.114. The zero-order valence-corrected chi connectivity index (χ0v) is 26.0. The number of thiazole rings is 1. The van der Waals surface area contributed by atoms with E-state index in [0.29, 0.717) is 65.0 Å². The highest BCUT2D eigenvalue weighted by molar-refractivity contribution is 7.22. The van der Waals surface area contributed by atoms with Crippen molar-refractivity contribution in [3.8, 4) is 17.2 Å². The number of likely N-dealkylation sites (tertiary alicyclic amines) is 1. The van der Waals surface area contributed by atoms with Gasteiger partial charge in [-0.05, 0) is 66.9 Å². The molecule has 1 aromatic heterocycles. The predicted molar refractivity (Wildman–Crippen MR) is 171 cm³/mol. The Bertz CT molecular complexity index is 1740. The molecule has 12 heteroatoms. The molecule has 2 atom stereocenters. The number of aromatic nitrogens is 1. The first-order chi connectivity index (χ1) is 21.8. The van der Waals surface area contributed by atoms with Crippen LogP contribution in [-0.4, -0.2) is 77.9 Å². The minimum Gasteiger partial charge on any atom is -0.493 e. The number of nitrogen functional groups attached to an aromatic ring is 1. The highest BCUT2D eigenvalue weighted by atomic mass is 32.1. The van der Waals surface area contributed by atoms with Crippen molar-refractivity contribution >= 4 is 44.4 Å². The molecule has 1 fully saturated rings. The Morgan fingerprint density at radius 1 is 1.16 bits per heavy atom. The first-order valence-electron chi connectivity index (χ1n) is 14.9. The Labute approximate surface area is 264 Å². The molecule has 4 aromatic rings. The lowest BCUT2D eigenvalue weighted by Gasteiger charge is -2.39. The number of ether oxygens (including phenoxy) is 3. The average Bonchev–Trinajstić information content (AvgIpc) is 3.42. The summed E-state index contributed by atoms with van der Waals surface area (Å²) in [5.41, 5.74) is 8.30. The normalized spacial score (nSPS) is 19.1. The van der Waals surface area contributed by atoms with Crippen LogP contribution in [0.25, 0.3) is 10.2 Å². The Balaban J connectivity index is 1.28. The Morgan fingerprint density at radius 2 is 2.02 bits per heavy atom. The molecule has 3 heterocycles. The topological polar surface area (TPSA) is 136 Å². The number of anilines is 1. The number of nitrogens with one attached hydrogen (secondary N) is 1. The number of hydrogen-bond acceptors (Lipinski definition) is 9. The van der Waals surface area contributed by atoms with Crippen LogP contribution in [0, 0.1) is 0 Å². The molecular formula is C33H35N5O6S. The van der Waals surface area contributed by atoms with Gasteiger partial charge in [0, 0.05) is 30.8 Å². The van der Waals surface area contributed by atoms with E-state index in [4.69, 9.17) is 19.9 Å². The van der Waals surface area contributed by atoms with Crippen molar-refractivity contribution in [2.75, 3.05) is 39.0 Å². The Hall–Kier alpha value is -4.68. The molecular weight excluding hydrogens is 594 g/mol. The average molecular weight is 630 g/mol. The number of carbonyl (C=O) groups excluding carboxylic acids is 3. The van der Waals surface area contributed by atoms with Crippen molar-refractivity contribution in [3.05, 3.63) is 77.4 Å². The van der Waals surface area contributed by atoms with Crippen molar-refractivity contribution in [1.82, 2.24) is 20.1 Å². The summed E-state index contributed by atoms with van der Waals surface area (Å²) < 4.78 is 19.0. The lowest BCUT2D eigenvalue weighted by atomic mass is 10.00. The lowest BCUT2D eigenvalue weighted by molar-refractivity contribution is -0.124. The van der Waals surface area contributed by atoms with Crippen LogP contribution in [-0.2, 0) is 16.1 Å². The van der Waals surface area contributed by atoms with E-state index in [0.717, 1.165) is 10.3 Å². The molecule has 0 saturated carbocycles. The second-order valence-electron chi connectivity index (χ2n) is 11.1. The van der Waals surface area contributed by atoms with Gasteiger partial charge in [-0.15, -0.1) is 0 Å². The summed E-state index contributed by atoms with van der Waals surface area (Å²) >= 11 is 1.37. The number of hydrogen-bond donors (Lipinski definition) is 2. The van der Waals surface area contributed by atoms with Crippen LogP contribution in [0.3, 0.4) is 0 Å². The van der Waals surface area contributed by atoms with Crippen LogP contribution in [0.1, 0.15) is 46.0 Å². The third-order valence-corrected chi connectivity index (χ3v) is 8.83. The molecule has 4 bridgehead atoms. The van der Waals surface area contributed by atoms with E-state index < -0.39 is 6.10 Å². The van der Waals surface area contributed by atoms with Gasteiger partial charge >= 0.3 is 0 Å². The summed E-state index contributed by atoms with van der Waals surface area (Å²) in [6, 6.07) is 17.5. The van der Waals surface area contributed by atoms with Gasteiger partial charge in [0.2, 0.25) is 5.91 Å². The predicted octanol–water partition coefficient (Wildman–Crippen LogP) is 4.46. The molecule has 0 unspecified atom stereocenters. The van der Waals surface area contributed by atoms with Crippen molar-refractivity contribution in [2.24, 2.45) is 0 Å². The molecule has 3 aromatic carbocycles. The molecule has 45 heavy (non-hydrogen) atoms. The summed E-state index contributed by atoms with van der Waals surface area (Å²) in [6.07, 6.45) is 0.670. The van der Waals surface area contributed by atoms with E-state index in [1.165, 1.54) is 23.3 Å². The van der Waals surface area contributed by atoms with E-state index in [9.17, 15) is 14.4 Å². The van der Waals surface area contributed by atoms with Gasteiger partial charge in [0.05, 0.1) is 42.6 Å². The summed E-state index contributed by atoms with van der Waals surface area (Å²) in [7, 11) is 1.54. The zero-order valence-electron chi connectivity index (χ0n) is 25.2. The molecule has 6 rings (SSSR count). The maximum atomic E-state index is 13.6. The van der Waals surface area contributed by atoms with Gasteiger partial charge < -0.3 is 35.1 Å². The third-order valence-electron chi connectivity index (χ3n) is 7.96. The number of piperidine rings is 1. The monoisotopic (exact) mass is 629 g/mol. The Kier molecular flexibility index (Phi) is 8.85. The molecule has 3 amide bonds. The number of carbonyl (C=O) groups is 3. The van der Waals surface area contributed by atoms with Gasteiger partial charge in [0.15, 0.2) is 16.6 Å². The lowest BCUT2D eigenvalue weighted by Crippen LogP contribution is -2.57. The quantitative estimate of drug-likeness (QED) is 0.338. The van der Waals surface area contributed by atoms with E-state index in [1.807, 2.05) is 37.3 Å². The van der Waals surface area contributed by atoms with Crippen molar-refractivity contribution < 1.29 is 28.6 Å². The van der Waals surface area contributed by atoms with Crippen molar-refractivity contribution in [1.29, 1.82) is 0 Å². The van der Waals surface area contributed by atoms with Crippen LogP contribution in [0.4, 0.5) is 5.13 Å². The van der Waals surface area contributed by atoms with Gasteiger partial charge in [0.25, 0.3) is 11.8 Å². The molecule has 2 aliphatic heterocycles. The standard InChI is InChI=1S/C33H35N5O6S/c1-3-12-37-18-30(39)35-24-11-13-38(31(40)21-8-10-29-25(15-21)36-33(34)45-29)17-28(24)43-19-20-5-4-6-23(14-20)44-27-16-22(32(37)41)7-9-26(27)42-2/h4-10,14-16,24,28H,3,11-13,17-19H2,1-2H3,(H2,34,36)(H,35,39)/t24-,28-/m0/s1. The van der Waals surface area contributed by atoms with E-state index >= 15 is 0 Å². The van der Waals surface area contributed by atoms with Gasteiger partial charge in [-0.2, -0.15) is 0 Å². The summed E-state index contributed by atoms with van der Waals surface area (Å²) in [4.78, 5) is 48.2. The van der Waals surface area contributed by atoms with Gasteiger partial charge in [-0.1, -0.05) is 30.4 Å². The van der Waals surface area contributed by atoms with Crippen molar-refractivity contribution in [3.63, 3.8) is 0 Å². The van der Waals surface area contributed by atoms with E-state index in [1.54, 1.807) is 35.2 Å². The van der Waals surface area contributed by atoms with Gasteiger partial charge in [-0.25, -0.2) is 4.98 Å². The number of rotatable bonds is 4. The maximum Gasteiger partial charge on any atom is 0.254 e. The summed E-state index contributed by atoms with van der Waals surface area (Å²) in [5, 5.41) is 3.56. The van der Waals surface area contributed by atoms with Gasteiger partial charge in [-0.3, -0.25) is 14.4 Å². The fraction of sp³-hybridized carbons (Fsp3) is 0.333. The first kappa shape index (κ1) is 30.4. The largest absolute Gasteiger partial charge is 0.493 e. The van der Waals surface area contributed by atoms with Crippen LogP contribution in [0.15, 0.2) is 60.7 Å². The first-order valence-corrected chi connectivity index (χ1v) is 15.7. The molecule has 3 N–H and O–H groups in total. The van der Waals surface area contributed by atoms with E-state index in [-0.39, 0.29) is 43.5 Å². The highest BCUT2D eigenvalue weighted by Crippen LogP contribution is 2.34. The number of methoxy groups -OCH3 is 1. The van der Waals surface area contributed by atoms with E-state index in [2.05, 4.69) is 10.3 Å². The fourth-order valence-corrected chi connectivity index (χ4v) is 6.46. The van der Waals surface area contributed by atoms with Crippen LogP contribution in [0.2, 0.25) is 0 Å². The second kappa shape index (κ2) is 13.1. The third kappa shape index (κ3) is 6.71. The smallest absolute Gasteiger partial charge is 0.254 e. The molecule has 234 valence electrons. The molecule has 2 aliphatic rings. The second-order valence-corrected chi connectivity index (χ2v) is 12.2.